The molecule has 0 saturated carbocycles. The second-order valence-corrected chi connectivity index (χ2v) is 3.42. The van der Waals surface area contributed by atoms with Crippen molar-refractivity contribution >= 4 is 11.0 Å². The van der Waals surface area contributed by atoms with E-state index in [0.29, 0.717) is 16.6 Å². The summed E-state index contributed by atoms with van der Waals surface area (Å²) < 4.78 is 14.6. The summed E-state index contributed by atoms with van der Waals surface area (Å²) in [6, 6.07) is 2.89. The molecular weight excluding hydrogens is 199 g/mol. The fourth-order valence-electron chi connectivity index (χ4n) is 1.61. The SMILES string of the molecule is Cc1cc2[nH]c(=O)n(CCO)c2cc1F. The topological polar surface area (TPSA) is 58.0 Å². The quantitative estimate of drug-likeness (QED) is 0.769. The summed E-state index contributed by atoms with van der Waals surface area (Å²) in [6.45, 7) is 1.65. The molecule has 0 bridgehead atoms. The van der Waals surface area contributed by atoms with Gasteiger partial charge in [0.05, 0.1) is 24.2 Å². The lowest BCUT2D eigenvalue weighted by Gasteiger charge is -2.01. The molecule has 0 spiro atoms. The molecule has 1 aromatic heterocycles. The molecule has 0 aliphatic rings. The summed E-state index contributed by atoms with van der Waals surface area (Å²) in [5.74, 6) is -0.354. The largest absolute Gasteiger partial charge is 0.395 e. The van der Waals surface area contributed by atoms with Crippen LogP contribution in [-0.4, -0.2) is 21.3 Å². The Hall–Kier alpha value is -1.62. The molecule has 15 heavy (non-hydrogen) atoms. The van der Waals surface area contributed by atoms with Crippen LogP contribution in [0.3, 0.4) is 0 Å². The van der Waals surface area contributed by atoms with E-state index in [1.807, 2.05) is 0 Å². The summed E-state index contributed by atoms with van der Waals surface area (Å²) in [7, 11) is 0. The zero-order valence-electron chi connectivity index (χ0n) is 8.25. The van der Waals surface area contributed by atoms with Gasteiger partial charge in [0.2, 0.25) is 0 Å². The Morgan fingerprint density at radius 3 is 2.93 bits per heavy atom. The van der Waals surface area contributed by atoms with Crippen LogP contribution in [-0.2, 0) is 6.54 Å². The van der Waals surface area contributed by atoms with Crippen molar-refractivity contribution in [2.45, 2.75) is 13.5 Å². The number of aromatic nitrogens is 2. The van der Waals surface area contributed by atoms with Crippen molar-refractivity contribution in [1.82, 2.24) is 9.55 Å². The van der Waals surface area contributed by atoms with Crippen LogP contribution in [0.15, 0.2) is 16.9 Å². The fraction of sp³-hybridized carbons (Fsp3) is 0.300. The molecule has 80 valence electrons. The van der Waals surface area contributed by atoms with Crippen molar-refractivity contribution in [3.8, 4) is 0 Å². The van der Waals surface area contributed by atoms with Gasteiger partial charge in [-0.05, 0) is 18.6 Å². The molecule has 5 heteroatoms. The summed E-state index contributed by atoms with van der Waals surface area (Å²) >= 11 is 0. The summed E-state index contributed by atoms with van der Waals surface area (Å²) in [5.41, 5.74) is 1.23. The van der Waals surface area contributed by atoms with Crippen LogP contribution in [0.5, 0.6) is 0 Å². The number of H-pyrrole nitrogens is 1. The zero-order chi connectivity index (χ0) is 11.0. The predicted octanol–water partition coefficient (Wildman–Crippen LogP) is 0.769. The molecule has 2 N–H and O–H groups in total. The number of hydrogen-bond donors (Lipinski definition) is 2. The van der Waals surface area contributed by atoms with Crippen LogP contribution >= 0.6 is 0 Å². The third-order valence-corrected chi connectivity index (χ3v) is 2.38. The number of aliphatic hydroxyl groups excluding tert-OH is 1. The number of nitrogens with one attached hydrogen (secondary N) is 1. The number of aromatic amines is 1. The molecule has 0 amide bonds. The van der Waals surface area contributed by atoms with Crippen LogP contribution in [0.4, 0.5) is 4.39 Å². The monoisotopic (exact) mass is 210 g/mol. The third kappa shape index (κ3) is 1.55. The average Bonchev–Trinajstić information content (AvgIpc) is 2.46. The van der Waals surface area contributed by atoms with Gasteiger partial charge in [-0.25, -0.2) is 9.18 Å². The number of nitrogens with zero attached hydrogens (tertiary/aromatic N) is 1. The minimum Gasteiger partial charge on any atom is -0.395 e. The Morgan fingerprint density at radius 1 is 1.53 bits per heavy atom. The maximum Gasteiger partial charge on any atom is 0.326 e. The van der Waals surface area contributed by atoms with Crippen molar-refractivity contribution in [3.05, 3.63) is 34.0 Å². The number of fused-ring (bicyclic) bond motifs is 1. The highest BCUT2D eigenvalue weighted by Crippen LogP contribution is 2.15. The minimum absolute atomic E-state index is 0.150. The number of hydrogen-bond acceptors (Lipinski definition) is 2. The summed E-state index contributed by atoms with van der Waals surface area (Å²) in [5, 5.41) is 8.78. The van der Waals surface area contributed by atoms with Crippen LogP contribution in [0.2, 0.25) is 0 Å². The zero-order valence-corrected chi connectivity index (χ0v) is 8.25. The van der Waals surface area contributed by atoms with E-state index in [1.54, 1.807) is 13.0 Å². The molecule has 2 rings (SSSR count). The van der Waals surface area contributed by atoms with Gasteiger partial charge < -0.3 is 10.1 Å². The van der Waals surface area contributed by atoms with E-state index in [2.05, 4.69) is 4.98 Å². The van der Waals surface area contributed by atoms with Crippen molar-refractivity contribution in [3.63, 3.8) is 0 Å². The maximum absolute atomic E-state index is 13.3. The summed E-state index contributed by atoms with van der Waals surface area (Å²) in [4.78, 5) is 14.0. The molecule has 0 fully saturated rings. The van der Waals surface area contributed by atoms with Crippen molar-refractivity contribution in [1.29, 1.82) is 0 Å². The van der Waals surface area contributed by atoms with E-state index >= 15 is 0 Å². The van der Waals surface area contributed by atoms with Crippen LogP contribution in [0.1, 0.15) is 5.56 Å². The standard InChI is InChI=1S/C10H11FN2O2/c1-6-4-8-9(5-7(6)11)13(2-3-14)10(15)12-8/h4-5,14H,2-3H2,1H3,(H,12,15). The predicted molar refractivity (Wildman–Crippen MR) is 54.3 cm³/mol. The summed E-state index contributed by atoms with van der Waals surface area (Å²) in [6.07, 6.45) is 0. The van der Waals surface area contributed by atoms with E-state index in [0.717, 1.165) is 0 Å². The smallest absolute Gasteiger partial charge is 0.326 e. The highest BCUT2D eigenvalue weighted by Gasteiger charge is 2.08. The first kappa shape index (κ1) is 9.92. The Balaban J connectivity index is 2.76. The Bertz CT molecular complexity index is 556. The number of imidazole rings is 1. The van der Waals surface area contributed by atoms with Gasteiger partial charge >= 0.3 is 5.69 Å². The highest BCUT2D eigenvalue weighted by molar-refractivity contribution is 5.76. The lowest BCUT2D eigenvalue weighted by atomic mass is 10.2. The third-order valence-electron chi connectivity index (χ3n) is 2.38. The molecule has 0 aliphatic carbocycles. The van der Waals surface area contributed by atoms with Crippen molar-refractivity contribution in [2.24, 2.45) is 0 Å². The Labute approximate surface area is 85.0 Å². The first-order valence-electron chi connectivity index (χ1n) is 4.63. The van der Waals surface area contributed by atoms with E-state index in [-0.39, 0.29) is 24.7 Å². The van der Waals surface area contributed by atoms with E-state index in [9.17, 15) is 9.18 Å². The first-order chi connectivity index (χ1) is 7.13. The lowest BCUT2D eigenvalue weighted by molar-refractivity contribution is 0.276. The highest BCUT2D eigenvalue weighted by atomic mass is 19.1. The average molecular weight is 210 g/mol. The molecule has 1 heterocycles. The van der Waals surface area contributed by atoms with Gasteiger partial charge in [0.15, 0.2) is 0 Å². The first-order valence-corrected chi connectivity index (χ1v) is 4.63. The molecule has 4 nitrogen and oxygen atoms in total. The van der Waals surface area contributed by atoms with Gasteiger partial charge in [-0.2, -0.15) is 0 Å². The van der Waals surface area contributed by atoms with E-state index in [1.165, 1.54) is 10.6 Å². The molecule has 2 aromatic rings. The molecule has 0 unspecified atom stereocenters. The maximum atomic E-state index is 13.3. The van der Waals surface area contributed by atoms with Crippen LogP contribution < -0.4 is 5.69 Å². The van der Waals surface area contributed by atoms with Crippen molar-refractivity contribution < 1.29 is 9.50 Å². The molecule has 1 aromatic carbocycles. The van der Waals surface area contributed by atoms with E-state index in [4.69, 9.17) is 5.11 Å². The van der Waals surface area contributed by atoms with Gasteiger partial charge in [0, 0.05) is 6.07 Å². The molecule has 0 aliphatic heterocycles. The molecular formula is C10H11FN2O2. The fourth-order valence-corrected chi connectivity index (χ4v) is 1.61. The van der Waals surface area contributed by atoms with Crippen LogP contribution in [0.25, 0.3) is 11.0 Å². The number of aliphatic hydroxyl groups is 1. The normalized spacial score (nSPS) is 11.1. The van der Waals surface area contributed by atoms with Gasteiger partial charge in [0.25, 0.3) is 0 Å². The van der Waals surface area contributed by atoms with Gasteiger partial charge in [-0.1, -0.05) is 0 Å². The van der Waals surface area contributed by atoms with Gasteiger partial charge in [0.1, 0.15) is 5.82 Å². The molecule has 0 radical (unpaired) electrons. The van der Waals surface area contributed by atoms with Gasteiger partial charge in [-0.15, -0.1) is 0 Å². The number of rotatable bonds is 2. The van der Waals surface area contributed by atoms with Crippen molar-refractivity contribution in [2.75, 3.05) is 6.61 Å². The number of benzene rings is 1. The molecule has 0 atom stereocenters. The Kier molecular flexibility index (Phi) is 2.32. The molecule has 0 saturated heterocycles. The van der Waals surface area contributed by atoms with Gasteiger partial charge in [-0.3, -0.25) is 4.57 Å². The lowest BCUT2D eigenvalue weighted by Crippen LogP contribution is -2.18. The minimum atomic E-state index is -0.354. The van der Waals surface area contributed by atoms with Crippen LogP contribution in [0, 0.1) is 12.7 Å². The number of halogens is 1. The number of aryl methyl sites for hydroxylation is 1. The second-order valence-electron chi connectivity index (χ2n) is 3.42. The van der Waals surface area contributed by atoms with E-state index < -0.39 is 0 Å². The Morgan fingerprint density at radius 2 is 2.27 bits per heavy atom. The second kappa shape index (κ2) is 3.51.